The number of pyridine rings is 2. The molecule has 3 heterocycles. The molecule has 0 bridgehead atoms. The van der Waals surface area contributed by atoms with Crippen LogP contribution in [-0.4, -0.2) is 25.5 Å². The van der Waals surface area contributed by atoms with E-state index in [4.69, 9.17) is 0 Å². The first-order valence-electron chi connectivity index (χ1n) is 10.2. The highest BCUT2D eigenvalue weighted by molar-refractivity contribution is 5.97. The van der Waals surface area contributed by atoms with Crippen molar-refractivity contribution in [2.45, 2.75) is 26.2 Å². The highest BCUT2D eigenvalue weighted by Gasteiger charge is 2.13. The summed E-state index contributed by atoms with van der Waals surface area (Å²) < 4.78 is 1.76. The van der Waals surface area contributed by atoms with E-state index in [-0.39, 0.29) is 11.3 Å². The van der Waals surface area contributed by atoms with Gasteiger partial charge < -0.3 is 4.98 Å². The summed E-state index contributed by atoms with van der Waals surface area (Å²) in [6, 6.07) is 13.4. The second-order valence-corrected chi connectivity index (χ2v) is 7.67. The van der Waals surface area contributed by atoms with Crippen LogP contribution in [0.15, 0.2) is 72.0 Å². The maximum atomic E-state index is 12.9. The van der Waals surface area contributed by atoms with Gasteiger partial charge in [-0.15, -0.1) is 0 Å². The Morgan fingerprint density at radius 2 is 1.97 bits per heavy atom. The van der Waals surface area contributed by atoms with Crippen LogP contribution in [0.4, 0.5) is 0 Å². The molecular weight excluding hydrogens is 388 g/mol. The van der Waals surface area contributed by atoms with Crippen molar-refractivity contribution in [1.29, 1.82) is 0 Å². The van der Waals surface area contributed by atoms with Crippen LogP contribution < -0.4 is 5.56 Å². The molecule has 0 unspecified atom stereocenters. The van der Waals surface area contributed by atoms with Gasteiger partial charge in [0.1, 0.15) is 0 Å². The minimum absolute atomic E-state index is 0.0494. The van der Waals surface area contributed by atoms with E-state index in [2.05, 4.69) is 27.2 Å². The van der Waals surface area contributed by atoms with Crippen LogP contribution in [0.1, 0.15) is 39.0 Å². The van der Waals surface area contributed by atoms with Gasteiger partial charge in [-0.05, 0) is 54.7 Å². The summed E-state index contributed by atoms with van der Waals surface area (Å²) in [5, 5.41) is 4.21. The summed E-state index contributed by atoms with van der Waals surface area (Å²) in [7, 11) is 1.88. The first kappa shape index (κ1) is 20.5. The van der Waals surface area contributed by atoms with E-state index in [1.807, 2.05) is 38.4 Å². The lowest BCUT2D eigenvalue weighted by Gasteiger charge is -2.11. The number of hydrogen-bond acceptors (Lipinski definition) is 4. The molecule has 0 spiro atoms. The van der Waals surface area contributed by atoms with Crippen molar-refractivity contribution in [2.75, 3.05) is 0 Å². The number of aromatic nitrogens is 4. The van der Waals surface area contributed by atoms with Gasteiger partial charge in [-0.1, -0.05) is 24.3 Å². The first-order chi connectivity index (χ1) is 15.0. The Morgan fingerprint density at radius 3 is 2.74 bits per heavy atom. The number of aryl methyl sites for hydroxylation is 2. The number of rotatable bonds is 7. The fraction of sp³-hybridized carbons (Fsp3) is 0.200. The van der Waals surface area contributed by atoms with Crippen LogP contribution in [0, 0.1) is 6.92 Å². The molecule has 0 radical (unpaired) electrons. The van der Waals surface area contributed by atoms with Gasteiger partial charge in [-0.25, -0.2) is 0 Å². The third kappa shape index (κ3) is 4.69. The van der Waals surface area contributed by atoms with E-state index in [0.717, 1.165) is 27.9 Å². The number of Topliss-reactive ketones (excluding diaryl/α,β-unsaturated/α-hetero) is 1. The summed E-state index contributed by atoms with van der Waals surface area (Å²) in [6.07, 6.45) is 8.58. The second-order valence-electron chi connectivity index (χ2n) is 7.67. The van der Waals surface area contributed by atoms with Gasteiger partial charge in [0.25, 0.3) is 5.56 Å². The smallest absolute Gasteiger partial charge is 0.251 e. The Labute approximate surface area is 180 Å². The minimum Gasteiger partial charge on any atom is -0.329 e. The third-order valence-electron chi connectivity index (χ3n) is 5.49. The van der Waals surface area contributed by atoms with Gasteiger partial charge in [0.15, 0.2) is 5.78 Å². The van der Waals surface area contributed by atoms with Gasteiger partial charge in [-0.3, -0.25) is 19.3 Å². The topological polar surface area (TPSA) is 80.6 Å². The summed E-state index contributed by atoms with van der Waals surface area (Å²) in [5.74, 6) is 0.0494. The van der Waals surface area contributed by atoms with Crippen LogP contribution in [0.5, 0.6) is 0 Å². The van der Waals surface area contributed by atoms with Gasteiger partial charge in [0, 0.05) is 48.7 Å². The molecule has 31 heavy (non-hydrogen) atoms. The maximum absolute atomic E-state index is 12.9. The Hall–Kier alpha value is -3.80. The van der Waals surface area contributed by atoms with Crippen molar-refractivity contribution in [3.63, 3.8) is 0 Å². The zero-order valence-electron chi connectivity index (χ0n) is 17.6. The summed E-state index contributed by atoms with van der Waals surface area (Å²) >= 11 is 0. The average Bonchev–Trinajstić information content (AvgIpc) is 3.21. The van der Waals surface area contributed by atoms with Crippen molar-refractivity contribution in [3.05, 3.63) is 105 Å². The quantitative estimate of drug-likeness (QED) is 0.467. The minimum atomic E-state index is -0.136. The monoisotopic (exact) mass is 412 g/mol. The van der Waals surface area contributed by atoms with Crippen LogP contribution in [-0.2, 0) is 19.9 Å². The Kier molecular flexibility index (Phi) is 5.89. The SMILES string of the molecule is Cc1c(Cc2ccnc(-c3cnn(C)c3)c2)cccc1C(=O)CCc1ccc[nH]c1=O. The van der Waals surface area contributed by atoms with Crippen molar-refractivity contribution in [2.24, 2.45) is 7.05 Å². The van der Waals surface area contributed by atoms with Crippen molar-refractivity contribution in [1.82, 2.24) is 19.7 Å². The molecule has 156 valence electrons. The van der Waals surface area contributed by atoms with E-state index in [0.29, 0.717) is 30.4 Å². The van der Waals surface area contributed by atoms with Gasteiger partial charge in [0.2, 0.25) is 0 Å². The van der Waals surface area contributed by atoms with Gasteiger partial charge >= 0.3 is 0 Å². The Bertz CT molecular complexity index is 1290. The molecule has 0 aliphatic rings. The molecule has 4 aromatic rings. The maximum Gasteiger partial charge on any atom is 0.251 e. The standard InChI is InChI=1S/C25H24N4O2/c1-17-20(13-18-10-12-26-23(14-18)21-15-28-29(2)16-21)5-3-7-22(17)24(30)9-8-19-6-4-11-27-25(19)31/h3-7,10-12,14-16H,8-9,13H2,1-2H3,(H,27,31). The number of H-pyrrole nitrogens is 1. The highest BCUT2D eigenvalue weighted by atomic mass is 16.1. The number of carbonyl (C=O) groups excluding carboxylic acids is 1. The summed E-state index contributed by atoms with van der Waals surface area (Å²) in [5.41, 5.74) is 6.27. The molecular formula is C25H24N4O2. The van der Waals surface area contributed by atoms with Crippen LogP contribution in [0.2, 0.25) is 0 Å². The number of nitrogens with zero attached hydrogens (tertiary/aromatic N) is 3. The largest absolute Gasteiger partial charge is 0.329 e. The number of hydrogen-bond donors (Lipinski definition) is 1. The molecule has 0 aliphatic carbocycles. The molecule has 6 heteroatoms. The van der Waals surface area contributed by atoms with E-state index in [1.54, 1.807) is 35.4 Å². The predicted octanol–water partition coefficient (Wildman–Crippen LogP) is 3.89. The molecule has 4 rings (SSSR count). The third-order valence-corrected chi connectivity index (χ3v) is 5.49. The zero-order valence-corrected chi connectivity index (χ0v) is 17.6. The molecule has 0 saturated carbocycles. The highest BCUT2D eigenvalue weighted by Crippen LogP contribution is 2.22. The average molecular weight is 412 g/mol. The number of ketones is 1. The zero-order chi connectivity index (χ0) is 21.8. The molecule has 0 amide bonds. The lowest BCUT2D eigenvalue weighted by atomic mass is 9.93. The molecule has 0 saturated heterocycles. The van der Waals surface area contributed by atoms with Gasteiger partial charge in [-0.2, -0.15) is 5.10 Å². The molecule has 0 atom stereocenters. The van der Waals surface area contributed by atoms with Crippen molar-refractivity contribution < 1.29 is 4.79 Å². The fourth-order valence-electron chi connectivity index (χ4n) is 3.73. The number of carbonyl (C=O) groups is 1. The summed E-state index contributed by atoms with van der Waals surface area (Å²) in [6.45, 7) is 1.99. The lowest BCUT2D eigenvalue weighted by Crippen LogP contribution is -2.13. The van der Waals surface area contributed by atoms with E-state index in [9.17, 15) is 9.59 Å². The summed E-state index contributed by atoms with van der Waals surface area (Å²) in [4.78, 5) is 31.8. The van der Waals surface area contributed by atoms with Gasteiger partial charge in [0.05, 0.1) is 11.9 Å². The fourth-order valence-corrected chi connectivity index (χ4v) is 3.73. The normalized spacial score (nSPS) is 10.9. The Balaban J connectivity index is 1.52. The van der Waals surface area contributed by atoms with E-state index >= 15 is 0 Å². The van der Waals surface area contributed by atoms with Crippen molar-refractivity contribution >= 4 is 5.78 Å². The molecule has 1 N–H and O–H groups in total. The van der Waals surface area contributed by atoms with Crippen LogP contribution in [0.3, 0.4) is 0 Å². The van der Waals surface area contributed by atoms with Crippen molar-refractivity contribution in [3.8, 4) is 11.3 Å². The van der Waals surface area contributed by atoms with E-state index < -0.39 is 0 Å². The van der Waals surface area contributed by atoms with E-state index in [1.165, 1.54) is 0 Å². The predicted molar refractivity (Wildman–Crippen MR) is 120 cm³/mol. The number of aromatic amines is 1. The lowest BCUT2D eigenvalue weighted by molar-refractivity contribution is 0.0982. The first-order valence-corrected chi connectivity index (χ1v) is 10.2. The Morgan fingerprint density at radius 1 is 1.13 bits per heavy atom. The molecule has 0 aliphatic heterocycles. The van der Waals surface area contributed by atoms with Crippen LogP contribution in [0.25, 0.3) is 11.3 Å². The number of nitrogens with one attached hydrogen (secondary N) is 1. The van der Waals surface area contributed by atoms with Crippen LogP contribution >= 0.6 is 0 Å². The molecule has 1 aromatic carbocycles. The molecule has 3 aromatic heterocycles. The molecule has 6 nitrogen and oxygen atoms in total. The molecule has 0 fully saturated rings. The number of benzene rings is 1. The second kappa shape index (κ2) is 8.92.